The van der Waals surface area contributed by atoms with Gasteiger partial charge in [0.1, 0.15) is 11.4 Å². The minimum atomic E-state index is -3.94. The van der Waals surface area contributed by atoms with E-state index in [4.69, 9.17) is 5.11 Å². The van der Waals surface area contributed by atoms with Crippen molar-refractivity contribution in [3.05, 3.63) is 12.0 Å². The van der Waals surface area contributed by atoms with Crippen molar-refractivity contribution < 1.29 is 18.3 Å². The summed E-state index contributed by atoms with van der Waals surface area (Å²) in [6.07, 6.45) is 1.48. The van der Waals surface area contributed by atoms with Gasteiger partial charge in [-0.05, 0) is 20.3 Å². The average molecular weight is 275 g/mol. The maximum atomic E-state index is 12.0. The molecule has 0 amide bonds. The summed E-state index contributed by atoms with van der Waals surface area (Å²) in [6.45, 7) is 4.58. The van der Waals surface area contributed by atoms with Crippen molar-refractivity contribution in [2.24, 2.45) is 7.05 Å². The number of carbonyl (C=O) groups is 1. The first-order valence-electron chi connectivity index (χ1n) is 5.39. The van der Waals surface area contributed by atoms with E-state index in [2.05, 4.69) is 9.71 Å². The molecule has 102 valence electrons. The van der Waals surface area contributed by atoms with E-state index >= 15 is 0 Å². The summed E-state index contributed by atoms with van der Waals surface area (Å²) in [5.74, 6) is -0.690. The number of aliphatic carboxylic acids is 1. The zero-order chi connectivity index (χ0) is 14.1. The predicted molar refractivity (Wildman–Crippen MR) is 64.6 cm³/mol. The smallest absolute Gasteiger partial charge is 0.324 e. The number of carboxylic acids is 1. The van der Waals surface area contributed by atoms with Crippen molar-refractivity contribution in [2.75, 3.05) is 0 Å². The van der Waals surface area contributed by atoms with Gasteiger partial charge in [-0.1, -0.05) is 6.92 Å². The number of aryl methyl sites for hydroxylation is 2. The predicted octanol–water partition coefficient (Wildman–Crippen LogP) is 0.260. The second-order valence-corrected chi connectivity index (χ2v) is 5.96. The Balaban J connectivity index is 3.13. The van der Waals surface area contributed by atoms with Crippen LogP contribution in [0, 0.1) is 6.92 Å². The number of nitrogens with one attached hydrogen (secondary N) is 1. The molecule has 2 N–H and O–H groups in total. The van der Waals surface area contributed by atoms with E-state index in [9.17, 15) is 13.2 Å². The Labute approximate surface area is 106 Å². The Kier molecular flexibility index (Phi) is 3.82. The van der Waals surface area contributed by atoms with Gasteiger partial charge in [-0.25, -0.2) is 13.4 Å². The average Bonchev–Trinajstić information content (AvgIpc) is 2.59. The minimum Gasteiger partial charge on any atom is -0.480 e. The summed E-state index contributed by atoms with van der Waals surface area (Å²) in [6, 6.07) is 0. The van der Waals surface area contributed by atoms with Crippen LogP contribution < -0.4 is 4.72 Å². The van der Waals surface area contributed by atoms with E-state index in [1.54, 1.807) is 25.5 Å². The molecule has 1 unspecified atom stereocenters. The summed E-state index contributed by atoms with van der Waals surface area (Å²) in [5, 5.41) is 8.87. The number of carboxylic acid groups (broad SMARTS) is 1. The quantitative estimate of drug-likeness (QED) is 0.802. The lowest BCUT2D eigenvalue weighted by Crippen LogP contribution is -2.51. The number of hydrogen-bond donors (Lipinski definition) is 2. The molecule has 1 aromatic rings. The number of nitrogens with zero attached hydrogens (tertiary/aromatic N) is 2. The Morgan fingerprint density at radius 2 is 2.17 bits per heavy atom. The molecule has 0 aliphatic carbocycles. The van der Waals surface area contributed by atoms with Crippen molar-refractivity contribution in [1.82, 2.24) is 14.3 Å². The van der Waals surface area contributed by atoms with E-state index in [1.807, 2.05) is 0 Å². The Morgan fingerprint density at radius 3 is 2.50 bits per heavy atom. The third kappa shape index (κ3) is 2.70. The zero-order valence-corrected chi connectivity index (χ0v) is 11.6. The maximum absolute atomic E-state index is 12.0. The van der Waals surface area contributed by atoms with Crippen molar-refractivity contribution in [2.45, 2.75) is 37.8 Å². The van der Waals surface area contributed by atoms with Gasteiger partial charge in [0, 0.05) is 13.2 Å². The first-order chi connectivity index (χ1) is 8.12. The van der Waals surface area contributed by atoms with Gasteiger partial charge in [-0.2, -0.15) is 4.72 Å². The maximum Gasteiger partial charge on any atom is 0.324 e. The van der Waals surface area contributed by atoms with E-state index in [0.29, 0.717) is 5.82 Å². The van der Waals surface area contributed by atoms with Gasteiger partial charge >= 0.3 is 5.97 Å². The SMILES string of the molecule is CCC(C)(NS(=O)(=O)c1cn(C)c(C)n1)C(=O)O. The standard InChI is InChI=1S/C10H17N3O4S/c1-5-10(3,9(14)15)12-18(16,17)8-6-13(4)7(2)11-8/h6,12H,5H2,1-4H3,(H,14,15). The highest BCUT2D eigenvalue weighted by Gasteiger charge is 2.37. The molecule has 0 saturated carbocycles. The fourth-order valence-corrected chi connectivity index (χ4v) is 2.75. The Morgan fingerprint density at radius 1 is 1.61 bits per heavy atom. The molecule has 0 saturated heterocycles. The molecule has 0 aromatic carbocycles. The molecule has 0 radical (unpaired) electrons. The van der Waals surface area contributed by atoms with Crippen LogP contribution in [0.15, 0.2) is 11.2 Å². The third-order valence-corrected chi connectivity index (χ3v) is 4.37. The molecule has 0 bridgehead atoms. The minimum absolute atomic E-state index is 0.132. The van der Waals surface area contributed by atoms with E-state index in [0.717, 1.165) is 0 Å². The van der Waals surface area contributed by atoms with E-state index in [-0.39, 0.29) is 11.4 Å². The lowest BCUT2D eigenvalue weighted by Gasteiger charge is -2.23. The van der Waals surface area contributed by atoms with Gasteiger partial charge in [0.15, 0.2) is 5.03 Å². The lowest BCUT2D eigenvalue weighted by molar-refractivity contribution is -0.143. The second kappa shape index (κ2) is 4.69. The van der Waals surface area contributed by atoms with Gasteiger partial charge in [-0.15, -0.1) is 0 Å². The molecule has 1 aromatic heterocycles. The summed E-state index contributed by atoms with van der Waals surface area (Å²) in [5.41, 5.74) is -1.54. The molecule has 1 heterocycles. The summed E-state index contributed by atoms with van der Waals surface area (Å²) in [7, 11) is -2.28. The Hall–Kier alpha value is -1.41. The van der Waals surface area contributed by atoms with Crippen LogP contribution in [0.1, 0.15) is 26.1 Å². The van der Waals surface area contributed by atoms with E-state index < -0.39 is 21.5 Å². The van der Waals surface area contributed by atoms with Crippen molar-refractivity contribution in [3.8, 4) is 0 Å². The molecular weight excluding hydrogens is 258 g/mol. The summed E-state index contributed by atoms with van der Waals surface area (Å²) >= 11 is 0. The van der Waals surface area contributed by atoms with Crippen LogP contribution in [0.4, 0.5) is 0 Å². The van der Waals surface area contributed by atoms with Crippen molar-refractivity contribution in [3.63, 3.8) is 0 Å². The highest BCUT2D eigenvalue weighted by molar-refractivity contribution is 7.89. The number of aromatic nitrogens is 2. The summed E-state index contributed by atoms with van der Waals surface area (Å²) < 4.78 is 27.8. The van der Waals surface area contributed by atoms with Gasteiger partial charge in [0.25, 0.3) is 10.0 Å². The second-order valence-electron chi connectivity index (χ2n) is 4.33. The van der Waals surface area contributed by atoms with Gasteiger partial charge in [0.05, 0.1) is 0 Å². The van der Waals surface area contributed by atoms with Gasteiger partial charge in [0.2, 0.25) is 0 Å². The lowest BCUT2D eigenvalue weighted by atomic mass is 10.0. The van der Waals surface area contributed by atoms with Crippen LogP contribution in [0.5, 0.6) is 0 Å². The van der Waals surface area contributed by atoms with Gasteiger partial charge < -0.3 is 9.67 Å². The normalized spacial score (nSPS) is 15.3. The van der Waals surface area contributed by atoms with Crippen molar-refractivity contribution in [1.29, 1.82) is 0 Å². The molecule has 0 fully saturated rings. The highest BCUT2D eigenvalue weighted by Crippen LogP contribution is 2.15. The molecule has 0 aliphatic rings. The summed E-state index contributed by atoms with van der Waals surface area (Å²) in [4.78, 5) is 15.0. The Bertz CT molecular complexity index is 544. The number of rotatable bonds is 5. The molecule has 0 aliphatic heterocycles. The van der Waals surface area contributed by atoms with E-state index in [1.165, 1.54) is 13.1 Å². The third-order valence-electron chi connectivity index (χ3n) is 2.90. The first kappa shape index (κ1) is 14.7. The van der Waals surface area contributed by atoms with Crippen LogP contribution in [0.25, 0.3) is 0 Å². The number of imidazole rings is 1. The molecule has 1 atom stereocenters. The van der Waals surface area contributed by atoms with Crippen LogP contribution >= 0.6 is 0 Å². The largest absolute Gasteiger partial charge is 0.480 e. The van der Waals surface area contributed by atoms with Crippen LogP contribution in [0.3, 0.4) is 0 Å². The highest BCUT2D eigenvalue weighted by atomic mass is 32.2. The monoisotopic (exact) mass is 275 g/mol. The van der Waals surface area contributed by atoms with Crippen LogP contribution in [-0.2, 0) is 21.9 Å². The van der Waals surface area contributed by atoms with Crippen LogP contribution in [0.2, 0.25) is 0 Å². The molecule has 18 heavy (non-hydrogen) atoms. The number of hydrogen-bond acceptors (Lipinski definition) is 4. The molecule has 7 nitrogen and oxygen atoms in total. The van der Waals surface area contributed by atoms with Crippen molar-refractivity contribution >= 4 is 16.0 Å². The molecule has 8 heteroatoms. The topological polar surface area (TPSA) is 101 Å². The molecular formula is C10H17N3O4S. The zero-order valence-electron chi connectivity index (χ0n) is 10.8. The molecule has 1 rings (SSSR count). The molecule has 0 spiro atoms. The number of sulfonamides is 1. The fourth-order valence-electron chi connectivity index (χ4n) is 1.27. The van der Waals surface area contributed by atoms with Crippen LogP contribution in [-0.4, -0.2) is 34.6 Å². The van der Waals surface area contributed by atoms with Gasteiger partial charge in [-0.3, -0.25) is 4.79 Å². The first-order valence-corrected chi connectivity index (χ1v) is 6.88. The fraction of sp³-hybridized carbons (Fsp3) is 0.600.